The summed E-state index contributed by atoms with van der Waals surface area (Å²) in [4.78, 5) is 15.2. The molecule has 9 heteroatoms. The predicted molar refractivity (Wildman–Crippen MR) is 85.0 cm³/mol. The van der Waals surface area contributed by atoms with E-state index in [-0.39, 0.29) is 11.5 Å². The molecule has 5 nitrogen and oxygen atoms in total. The van der Waals surface area contributed by atoms with E-state index in [9.17, 15) is 13.2 Å². The van der Waals surface area contributed by atoms with Crippen LogP contribution in [0.5, 0.6) is 0 Å². The maximum atomic E-state index is 12.9. The summed E-state index contributed by atoms with van der Waals surface area (Å²) in [7, 11) is 0. The Hall–Kier alpha value is -2.35. The number of nitrogens with zero attached hydrogens (tertiary/aromatic N) is 5. The molecule has 3 aliphatic heterocycles. The van der Waals surface area contributed by atoms with Crippen LogP contribution in [-0.2, 0) is 6.54 Å². The molecule has 0 fully saturated rings. The third-order valence-electron chi connectivity index (χ3n) is 3.80. The molecule has 0 saturated carbocycles. The van der Waals surface area contributed by atoms with Crippen molar-refractivity contribution in [2.75, 3.05) is 13.1 Å². The zero-order valence-electron chi connectivity index (χ0n) is 12.3. The smallest absolute Gasteiger partial charge is 0.315 e. The van der Waals surface area contributed by atoms with Crippen LogP contribution in [0.15, 0.2) is 51.1 Å². The number of benzene rings is 1. The molecule has 124 valence electrons. The van der Waals surface area contributed by atoms with Crippen molar-refractivity contribution in [3.05, 3.63) is 46.7 Å². The number of amidine groups is 2. The van der Waals surface area contributed by atoms with Gasteiger partial charge in [0.15, 0.2) is 5.84 Å². The van der Waals surface area contributed by atoms with Crippen molar-refractivity contribution in [1.82, 2.24) is 9.80 Å². The second kappa shape index (κ2) is 5.34. The molecule has 0 amide bonds. The predicted octanol–water partition coefficient (Wildman–Crippen LogP) is 3.04. The Balaban J connectivity index is 1.72. The van der Waals surface area contributed by atoms with E-state index in [0.717, 1.165) is 5.56 Å². The van der Waals surface area contributed by atoms with Gasteiger partial charge < -0.3 is 4.90 Å². The average Bonchev–Trinajstić information content (AvgIpc) is 3.15. The van der Waals surface area contributed by atoms with Crippen LogP contribution in [0.25, 0.3) is 0 Å². The summed E-state index contributed by atoms with van der Waals surface area (Å²) in [5.74, 6) is -0.369. The molecule has 0 atom stereocenters. The summed E-state index contributed by atoms with van der Waals surface area (Å²) in [5.41, 5.74) is 1.09. The van der Waals surface area contributed by atoms with Crippen molar-refractivity contribution in [1.29, 1.82) is 0 Å². The van der Waals surface area contributed by atoms with Gasteiger partial charge in [-0.3, -0.25) is 9.89 Å². The van der Waals surface area contributed by atoms with Gasteiger partial charge in [-0.1, -0.05) is 23.7 Å². The van der Waals surface area contributed by atoms with E-state index in [4.69, 9.17) is 11.6 Å². The normalized spacial score (nSPS) is 19.5. The molecule has 1 aromatic carbocycles. The first-order chi connectivity index (χ1) is 11.4. The Morgan fingerprint density at radius 3 is 2.58 bits per heavy atom. The van der Waals surface area contributed by atoms with Crippen LogP contribution in [0.4, 0.5) is 13.2 Å². The molecule has 0 saturated heterocycles. The van der Waals surface area contributed by atoms with E-state index in [1.54, 1.807) is 28.1 Å². The topological polar surface area (TPSA) is 43.6 Å². The van der Waals surface area contributed by atoms with Gasteiger partial charge in [0.05, 0.1) is 13.1 Å². The highest BCUT2D eigenvalue weighted by molar-refractivity contribution is 6.30. The Kier molecular flexibility index (Phi) is 3.38. The largest absolute Gasteiger partial charge is 0.451 e. The minimum Gasteiger partial charge on any atom is -0.315 e. The maximum absolute atomic E-state index is 12.9. The first-order valence-electron chi connectivity index (χ1n) is 7.22. The SMILES string of the molecule is FC(F)(F)C1=NC2=CN3CCN=C3N(Cc3ccc(Cl)cc3)C2=N1. The van der Waals surface area contributed by atoms with Gasteiger partial charge in [0, 0.05) is 17.8 Å². The standard InChI is InChI=1S/C15H11ClF3N5/c16-10-3-1-9(2-4-10)7-24-12-11(8-23-6-5-20-14(23)24)21-13(22-12)15(17,18)19/h1-4,8H,5-7H2. The minimum atomic E-state index is -4.58. The van der Waals surface area contributed by atoms with E-state index in [2.05, 4.69) is 15.0 Å². The van der Waals surface area contributed by atoms with Crippen molar-refractivity contribution < 1.29 is 13.2 Å². The summed E-state index contributed by atoms with van der Waals surface area (Å²) in [5, 5.41) is 0.596. The van der Waals surface area contributed by atoms with Gasteiger partial charge >= 0.3 is 6.18 Å². The molecule has 3 aliphatic rings. The Morgan fingerprint density at radius 2 is 1.88 bits per heavy atom. The van der Waals surface area contributed by atoms with Gasteiger partial charge in [-0.2, -0.15) is 13.2 Å². The summed E-state index contributed by atoms with van der Waals surface area (Å²) in [6, 6.07) is 7.11. The lowest BCUT2D eigenvalue weighted by Gasteiger charge is -2.33. The third-order valence-corrected chi connectivity index (χ3v) is 4.05. The van der Waals surface area contributed by atoms with Crippen molar-refractivity contribution in [2.24, 2.45) is 15.0 Å². The molecule has 0 N–H and O–H groups in total. The van der Waals surface area contributed by atoms with Crippen LogP contribution in [0.3, 0.4) is 0 Å². The van der Waals surface area contributed by atoms with Crippen LogP contribution in [0.1, 0.15) is 5.56 Å². The Bertz CT molecular complexity index is 807. The van der Waals surface area contributed by atoms with Gasteiger partial charge in [0.1, 0.15) is 5.70 Å². The van der Waals surface area contributed by atoms with Gasteiger partial charge in [-0.25, -0.2) is 9.98 Å². The monoisotopic (exact) mass is 353 g/mol. The molecule has 0 spiro atoms. The minimum absolute atomic E-state index is 0.175. The van der Waals surface area contributed by atoms with Crippen LogP contribution in [-0.4, -0.2) is 46.7 Å². The summed E-state index contributed by atoms with van der Waals surface area (Å²) in [6.45, 7) is 1.53. The average molecular weight is 354 g/mol. The lowest BCUT2D eigenvalue weighted by molar-refractivity contribution is -0.0595. The molecule has 4 rings (SSSR count). The zero-order chi connectivity index (χ0) is 16.9. The first-order valence-corrected chi connectivity index (χ1v) is 7.59. The quantitative estimate of drug-likeness (QED) is 0.820. The Labute approximate surface area is 140 Å². The molecule has 0 aromatic heterocycles. The number of hydrogen-bond acceptors (Lipinski definition) is 5. The summed E-state index contributed by atoms with van der Waals surface area (Å²) >= 11 is 5.88. The van der Waals surface area contributed by atoms with Gasteiger partial charge in [0.2, 0.25) is 11.8 Å². The van der Waals surface area contributed by atoms with Gasteiger partial charge in [-0.15, -0.1) is 0 Å². The number of rotatable bonds is 2. The van der Waals surface area contributed by atoms with Crippen molar-refractivity contribution in [3.63, 3.8) is 0 Å². The Morgan fingerprint density at radius 1 is 1.12 bits per heavy atom. The number of hydrogen-bond donors (Lipinski definition) is 0. The van der Waals surface area contributed by atoms with Gasteiger partial charge in [-0.05, 0) is 17.7 Å². The van der Waals surface area contributed by atoms with E-state index in [1.165, 1.54) is 0 Å². The fourth-order valence-electron chi connectivity index (χ4n) is 2.73. The molecule has 3 heterocycles. The third kappa shape index (κ3) is 2.56. The number of fused-ring (bicyclic) bond motifs is 2. The van der Waals surface area contributed by atoms with Crippen molar-refractivity contribution in [3.8, 4) is 0 Å². The lowest BCUT2D eigenvalue weighted by Crippen LogP contribution is -2.46. The molecule has 0 radical (unpaired) electrons. The zero-order valence-corrected chi connectivity index (χ0v) is 13.0. The maximum Gasteiger partial charge on any atom is 0.451 e. The highest BCUT2D eigenvalue weighted by Crippen LogP contribution is 2.30. The summed E-state index contributed by atoms with van der Waals surface area (Å²) < 4.78 is 38.8. The summed E-state index contributed by atoms with van der Waals surface area (Å²) in [6.07, 6.45) is -3.01. The number of aliphatic imine (C=N–C) groups is 3. The van der Waals surface area contributed by atoms with Gasteiger partial charge in [0.25, 0.3) is 0 Å². The highest BCUT2D eigenvalue weighted by Gasteiger charge is 2.43. The number of guanidine groups is 1. The van der Waals surface area contributed by atoms with E-state index >= 15 is 0 Å². The number of halogens is 4. The molecule has 0 bridgehead atoms. The van der Waals surface area contributed by atoms with Crippen LogP contribution in [0.2, 0.25) is 5.02 Å². The second-order valence-corrected chi connectivity index (χ2v) is 5.91. The number of alkyl halides is 3. The molecule has 1 aromatic rings. The molecular formula is C15H11ClF3N5. The van der Waals surface area contributed by atoms with Crippen LogP contribution in [0, 0.1) is 0 Å². The highest BCUT2D eigenvalue weighted by atomic mass is 35.5. The van der Waals surface area contributed by atoms with Crippen LogP contribution >= 0.6 is 11.6 Å². The van der Waals surface area contributed by atoms with Crippen LogP contribution < -0.4 is 0 Å². The van der Waals surface area contributed by atoms with E-state index in [0.29, 0.717) is 30.6 Å². The second-order valence-electron chi connectivity index (χ2n) is 5.47. The molecule has 0 unspecified atom stereocenters. The van der Waals surface area contributed by atoms with E-state index in [1.807, 2.05) is 12.1 Å². The molecule has 24 heavy (non-hydrogen) atoms. The van der Waals surface area contributed by atoms with Crippen molar-refractivity contribution >= 4 is 29.2 Å². The fraction of sp³-hybridized carbons (Fsp3) is 0.267. The van der Waals surface area contributed by atoms with Crippen molar-refractivity contribution in [2.45, 2.75) is 12.7 Å². The molecule has 0 aliphatic carbocycles. The first kappa shape index (κ1) is 15.2. The van der Waals surface area contributed by atoms with E-state index < -0.39 is 12.0 Å². The lowest BCUT2D eigenvalue weighted by atomic mass is 10.2. The fourth-order valence-corrected chi connectivity index (χ4v) is 2.86. The molecular weight excluding hydrogens is 343 g/mol.